The molecular weight excluding hydrogens is 288 g/mol. The van der Waals surface area contributed by atoms with E-state index in [0.717, 1.165) is 24.3 Å². The number of anilines is 2. The molecule has 3 nitrogen and oxygen atoms in total. The van der Waals surface area contributed by atoms with E-state index >= 15 is 0 Å². The second-order valence-electron chi connectivity index (χ2n) is 4.27. The van der Waals surface area contributed by atoms with E-state index in [9.17, 15) is 22.4 Å². The van der Waals surface area contributed by atoms with Crippen LogP contribution in [0.3, 0.4) is 0 Å². The maximum atomic E-state index is 13.2. The number of carbonyl (C=O) groups excluding carboxylic acids is 1. The average Bonchev–Trinajstić information content (AvgIpc) is 2.42. The number of alkyl halides is 3. The minimum absolute atomic E-state index is 0.0907. The van der Waals surface area contributed by atoms with Crippen LogP contribution < -0.4 is 11.1 Å². The quantitative estimate of drug-likeness (QED) is 0.656. The van der Waals surface area contributed by atoms with E-state index in [4.69, 9.17) is 5.73 Å². The van der Waals surface area contributed by atoms with Crippen molar-refractivity contribution in [3.05, 3.63) is 59.4 Å². The predicted molar refractivity (Wildman–Crippen MR) is 70.2 cm³/mol. The van der Waals surface area contributed by atoms with Gasteiger partial charge in [-0.3, -0.25) is 4.79 Å². The monoisotopic (exact) mass is 298 g/mol. The Bertz CT molecular complexity index is 683. The molecule has 0 heterocycles. The van der Waals surface area contributed by atoms with Crippen molar-refractivity contribution in [2.75, 3.05) is 11.1 Å². The molecule has 7 heteroatoms. The molecule has 0 saturated heterocycles. The smallest absolute Gasteiger partial charge is 0.396 e. The van der Waals surface area contributed by atoms with Gasteiger partial charge in [0.2, 0.25) is 0 Å². The SMILES string of the molecule is Nc1ccc(NC(=O)c2cccc(C(F)(F)F)c2)cc1F. The van der Waals surface area contributed by atoms with Gasteiger partial charge in [0.25, 0.3) is 5.91 Å². The van der Waals surface area contributed by atoms with Crippen molar-refractivity contribution in [1.82, 2.24) is 0 Å². The molecule has 0 aromatic heterocycles. The summed E-state index contributed by atoms with van der Waals surface area (Å²) in [5, 5.41) is 2.30. The van der Waals surface area contributed by atoms with Gasteiger partial charge in [-0.25, -0.2) is 4.39 Å². The topological polar surface area (TPSA) is 55.1 Å². The molecule has 2 aromatic rings. The summed E-state index contributed by atoms with van der Waals surface area (Å²) in [6, 6.07) is 7.53. The maximum absolute atomic E-state index is 13.2. The Balaban J connectivity index is 2.22. The largest absolute Gasteiger partial charge is 0.416 e. The molecule has 0 aliphatic rings. The van der Waals surface area contributed by atoms with Crippen LogP contribution >= 0.6 is 0 Å². The Morgan fingerprint density at radius 1 is 1.10 bits per heavy atom. The predicted octanol–water partition coefficient (Wildman–Crippen LogP) is 3.68. The van der Waals surface area contributed by atoms with Crippen LogP contribution in [0.15, 0.2) is 42.5 Å². The van der Waals surface area contributed by atoms with Gasteiger partial charge in [0.05, 0.1) is 11.3 Å². The third kappa shape index (κ3) is 3.50. The van der Waals surface area contributed by atoms with Crippen molar-refractivity contribution in [2.24, 2.45) is 0 Å². The second kappa shape index (κ2) is 5.43. The highest BCUT2D eigenvalue weighted by Gasteiger charge is 2.30. The number of hydrogen-bond donors (Lipinski definition) is 2. The van der Waals surface area contributed by atoms with Gasteiger partial charge in [-0.15, -0.1) is 0 Å². The molecule has 0 bridgehead atoms. The van der Waals surface area contributed by atoms with Crippen LogP contribution in [-0.2, 0) is 6.18 Å². The number of nitrogens with one attached hydrogen (secondary N) is 1. The lowest BCUT2D eigenvalue weighted by Gasteiger charge is -2.09. The zero-order chi connectivity index (χ0) is 15.6. The van der Waals surface area contributed by atoms with Crippen LogP contribution in [0.5, 0.6) is 0 Å². The number of carbonyl (C=O) groups is 1. The molecule has 1 amide bonds. The van der Waals surface area contributed by atoms with Gasteiger partial charge in [-0.05, 0) is 36.4 Å². The summed E-state index contributed by atoms with van der Waals surface area (Å²) < 4.78 is 50.9. The first kappa shape index (κ1) is 14.8. The number of amides is 1. The summed E-state index contributed by atoms with van der Waals surface area (Å²) in [4.78, 5) is 11.9. The van der Waals surface area contributed by atoms with Crippen molar-refractivity contribution in [2.45, 2.75) is 6.18 Å². The Morgan fingerprint density at radius 2 is 1.81 bits per heavy atom. The Kier molecular flexibility index (Phi) is 3.84. The summed E-state index contributed by atoms with van der Waals surface area (Å²) in [6.45, 7) is 0. The molecule has 0 radical (unpaired) electrons. The normalized spacial score (nSPS) is 11.2. The lowest BCUT2D eigenvalue weighted by molar-refractivity contribution is -0.137. The fourth-order valence-corrected chi connectivity index (χ4v) is 1.64. The molecule has 0 aliphatic heterocycles. The van der Waals surface area contributed by atoms with Gasteiger partial charge in [0.15, 0.2) is 0 Å². The number of nitrogens with two attached hydrogens (primary N) is 1. The first-order valence-corrected chi connectivity index (χ1v) is 5.81. The van der Waals surface area contributed by atoms with E-state index in [0.29, 0.717) is 0 Å². The highest BCUT2D eigenvalue weighted by molar-refractivity contribution is 6.04. The molecule has 0 unspecified atom stereocenters. The summed E-state index contributed by atoms with van der Waals surface area (Å²) in [7, 11) is 0. The van der Waals surface area contributed by atoms with E-state index < -0.39 is 23.5 Å². The van der Waals surface area contributed by atoms with Crippen LogP contribution in [-0.4, -0.2) is 5.91 Å². The van der Waals surface area contributed by atoms with Crippen molar-refractivity contribution in [1.29, 1.82) is 0 Å². The molecule has 21 heavy (non-hydrogen) atoms. The molecule has 0 fully saturated rings. The fourth-order valence-electron chi connectivity index (χ4n) is 1.64. The van der Waals surface area contributed by atoms with E-state index in [1.165, 1.54) is 18.2 Å². The average molecular weight is 298 g/mol. The summed E-state index contributed by atoms with van der Waals surface area (Å²) >= 11 is 0. The lowest BCUT2D eigenvalue weighted by atomic mass is 10.1. The lowest BCUT2D eigenvalue weighted by Crippen LogP contribution is -2.14. The van der Waals surface area contributed by atoms with E-state index in [-0.39, 0.29) is 16.9 Å². The molecule has 0 spiro atoms. The Morgan fingerprint density at radius 3 is 2.43 bits per heavy atom. The highest BCUT2D eigenvalue weighted by atomic mass is 19.4. The zero-order valence-corrected chi connectivity index (χ0v) is 10.5. The molecule has 0 saturated carbocycles. The first-order valence-electron chi connectivity index (χ1n) is 5.81. The fraction of sp³-hybridized carbons (Fsp3) is 0.0714. The number of benzene rings is 2. The van der Waals surface area contributed by atoms with E-state index in [2.05, 4.69) is 5.32 Å². The first-order chi connectivity index (χ1) is 9.77. The van der Waals surface area contributed by atoms with Gasteiger partial charge >= 0.3 is 6.18 Å². The molecule has 0 aliphatic carbocycles. The molecule has 0 atom stereocenters. The third-order valence-electron chi connectivity index (χ3n) is 2.71. The van der Waals surface area contributed by atoms with Crippen LogP contribution in [0.1, 0.15) is 15.9 Å². The van der Waals surface area contributed by atoms with Gasteiger partial charge in [-0.2, -0.15) is 13.2 Å². The Labute approximate surface area is 117 Å². The maximum Gasteiger partial charge on any atom is 0.416 e. The number of rotatable bonds is 2. The van der Waals surface area contributed by atoms with E-state index in [1.807, 2.05) is 0 Å². The number of nitrogen functional groups attached to an aromatic ring is 1. The third-order valence-corrected chi connectivity index (χ3v) is 2.71. The second-order valence-corrected chi connectivity index (χ2v) is 4.27. The van der Waals surface area contributed by atoms with Crippen LogP contribution in [0.25, 0.3) is 0 Å². The van der Waals surface area contributed by atoms with Crippen LogP contribution in [0, 0.1) is 5.82 Å². The molecular formula is C14H10F4N2O. The van der Waals surface area contributed by atoms with Gasteiger partial charge in [0.1, 0.15) is 5.82 Å². The molecule has 2 rings (SSSR count). The van der Waals surface area contributed by atoms with Gasteiger partial charge in [-0.1, -0.05) is 6.07 Å². The Hall–Kier alpha value is -2.57. The minimum Gasteiger partial charge on any atom is -0.396 e. The standard InChI is InChI=1S/C14H10F4N2O/c15-11-7-10(4-5-12(11)19)20-13(21)8-2-1-3-9(6-8)14(16,17)18/h1-7H,19H2,(H,20,21). The zero-order valence-electron chi connectivity index (χ0n) is 10.5. The summed E-state index contributed by atoms with van der Waals surface area (Å²) in [5.41, 5.74) is 4.19. The number of hydrogen-bond acceptors (Lipinski definition) is 2. The highest BCUT2D eigenvalue weighted by Crippen LogP contribution is 2.29. The van der Waals surface area contributed by atoms with Crippen LogP contribution in [0.2, 0.25) is 0 Å². The van der Waals surface area contributed by atoms with Gasteiger partial charge < -0.3 is 11.1 Å². The molecule has 3 N–H and O–H groups in total. The molecule has 2 aromatic carbocycles. The minimum atomic E-state index is -4.54. The summed E-state index contributed by atoms with van der Waals surface area (Å²) in [5.74, 6) is -1.50. The van der Waals surface area contributed by atoms with E-state index in [1.54, 1.807) is 0 Å². The van der Waals surface area contributed by atoms with Crippen molar-refractivity contribution in [3.8, 4) is 0 Å². The van der Waals surface area contributed by atoms with Crippen molar-refractivity contribution >= 4 is 17.3 Å². The van der Waals surface area contributed by atoms with Crippen LogP contribution in [0.4, 0.5) is 28.9 Å². The summed E-state index contributed by atoms with van der Waals surface area (Å²) in [6.07, 6.45) is -4.54. The number of halogens is 4. The van der Waals surface area contributed by atoms with Crippen molar-refractivity contribution in [3.63, 3.8) is 0 Å². The van der Waals surface area contributed by atoms with Crippen molar-refractivity contribution < 1.29 is 22.4 Å². The molecule has 110 valence electrons. The van der Waals surface area contributed by atoms with Gasteiger partial charge in [0, 0.05) is 11.3 Å².